The number of aliphatic hydroxyl groups is 1. The molecule has 0 saturated carbocycles. The fourth-order valence-corrected chi connectivity index (χ4v) is 10.6. The summed E-state index contributed by atoms with van der Waals surface area (Å²) < 4.78 is 23.3. The molecule has 0 saturated heterocycles. The first kappa shape index (κ1) is 74.5. The van der Waals surface area contributed by atoms with Crippen LogP contribution in [0.15, 0.2) is 48.6 Å². The summed E-state index contributed by atoms with van der Waals surface area (Å²) in [4.78, 5) is 25.5. The highest BCUT2D eigenvalue weighted by molar-refractivity contribution is 7.45. The minimum atomic E-state index is -4.60. The molecule has 9 heteroatoms. The van der Waals surface area contributed by atoms with Gasteiger partial charge in [0.1, 0.15) is 13.2 Å². The number of aliphatic hydroxyl groups excluding tert-OH is 1. The van der Waals surface area contributed by atoms with E-state index in [2.05, 4.69) is 55.6 Å². The lowest BCUT2D eigenvalue weighted by atomic mass is 10.0. The number of hydrogen-bond donors (Lipinski definition) is 2. The van der Waals surface area contributed by atoms with Gasteiger partial charge in [0.2, 0.25) is 5.91 Å². The summed E-state index contributed by atoms with van der Waals surface area (Å²) in [5, 5.41) is 13.9. The lowest BCUT2D eigenvalue weighted by molar-refractivity contribution is -0.870. The van der Waals surface area contributed by atoms with Gasteiger partial charge in [-0.25, -0.2) is 0 Å². The number of carbonyl (C=O) groups is 1. The van der Waals surface area contributed by atoms with Gasteiger partial charge < -0.3 is 28.8 Å². The third-order valence-electron chi connectivity index (χ3n) is 15.0. The van der Waals surface area contributed by atoms with Crippen molar-refractivity contribution in [2.45, 2.75) is 334 Å². The number of allylic oxidation sites excluding steroid dienone is 7. The number of quaternary nitrogens is 1. The zero-order valence-corrected chi connectivity index (χ0v) is 52.1. The van der Waals surface area contributed by atoms with Crippen LogP contribution in [-0.4, -0.2) is 68.5 Å². The lowest BCUT2D eigenvalue weighted by Crippen LogP contribution is -2.45. The van der Waals surface area contributed by atoms with Crippen LogP contribution in [0.25, 0.3) is 0 Å². The molecule has 76 heavy (non-hydrogen) atoms. The van der Waals surface area contributed by atoms with E-state index in [0.717, 1.165) is 44.9 Å². The fourth-order valence-electron chi connectivity index (χ4n) is 9.85. The van der Waals surface area contributed by atoms with Crippen LogP contribution in [0.2, 0.25) is 0 Å². The quantitative estimate of drug-likeness (QED) is 0.0272. The Kier molecular flexibility index (Phi) is 56.9. The van der Waals surface area contributed by atoms with Crippen LogP contribution in [0.3, 0.4) is 0 Å². The molecule has 0 bridgehead atoms. The van der Waals surface area contributed by atoms with E-state index in [0.29, 0.717) is 17.4 Å². The zero-order valence-electron chi connectivity index (χ0n) is 51.2. The summed E-state index contributed by atoms with van der Waals surface area (Å²) >= 11 is 0. The molecule has 1 amide bonds. The van der Waals surface area contributed by atoms with Crippen LogP contribution in [0.5, 0.6) is 0 Å². The number of phosphoric ester groups is 1. The Morgan fingerprint density at radius 3 is 1.14 bits per heavy atom. The van der Waals surface area contributed by atoms with Gasteiger partial charge in [0.05, 0.1) is 39.9 Å². The van der Waals surface area contributed by atoms with Gasteiger partial charge in [0.25, 0.3) is 7.82 Å². The topological polar surface area (TPSA) is 108 Å². The Morgan fingerprint density at radius 2 is 0.776 bits per heavy atom. The molecule has 0 spiro atoms. The molecule has 448 valence electrons. The third-order valence-corrected chi connectivity index (χ3v) is 16.0. The molecule has 0 aliphatic heterocycles. The highest BCUT2D eigenvalue weighted by Gasteiger charge is 2.23. The molecule has 0 fully saturated rings. The summed E-state index contributed by atoms with van der Waals surface area (Å²) in [6.45, 7) is 4.66. The average Bonchev–Trinajstić information content (AvgIpc) is 3.38. The fraction of sp³-hybridized carbons (Fsp3) is 0.866. The standard InChI is InChI=1S/C67H129N2O6P/c1-6-8-10-12-14-16-18-20-22-23-24-25-26-27-28-29-30-31-32-33-34-35-36-37-38-39-40-41-42-43-44-45-47-49-51-53-55-57-59-61-67(71)68-65(64-75-76(72,73)74-63-62-69(3,4)5)66(70)60-58-56-54-52-50-48-46-21-19-17-15-13-11-9-7-2/h30-31,33-34,50,52,58,60,65-66,70H,6-29,32,35-49,51,53-57,59,61-64H2,1-5H3,(H-,68,71,72,73)/b31-30-,34-33-,52-50+,60-58+. The number of carbonyl (C=O) groups excluding carboxylic acids is 1. The molecule has 3 unspecified atom stereocenters. The van der Waals surface area contributed by atoms with Crippen molar-refractivity contribution in [1.29, 1.82) is 0 Å². The Balaban J connectivity index is 3.94. The van der Waals surface area contributed by atoms with E-state index in [-0.39, 0.29) is 12.5 Å². The average molecular weight is 1090 g/mol. The summed E-state index contributed by atoms with van der Waals surface area (Å²) in [5.41, 5.74) is 0. The molecule has 0 aliphatic rings. The lowest BCUT2D eigenvalue weighted by Gasteiger charge is -2.29. The summed E-state index contributed by atoms with van der Waals surface area (Å²) in [6, 6.07) is -0.903. The first-order valence-corrected chi connectivity index (χ1v) is 34.5. The van der Waals surface area contributed by atoms with Crippen molar-refractivity contribution in [2.24, 2.45) is 0 Å². The predicted molar refractivity (Wildman–Crippen MR) is 330 cm³/mol. The highest BCUT2D eigenvalue weighted by Crippen LogP contribution is 2.38. The molecule has 0 aliphatic carbocycles. The summed E-state index contributed by atoms with van der Waals surface area (Å²) in [7, 11) is 1.25. The number of nitrogens with one attached hydrogen (secondary N) is 1. The second kappa shape index (κ2) is 58.1. The number of rotatable bonds is 61. The Bertz CT molecular complexity index is 1380. The largest absolute Gasteiger partial charge is 0.756 e. The normalized spacial score (nSPS) is 14.0. The maximum absolute atomic E-state index is 13.0. The third kappa shape index (κ3) is 60.1. The summed E-state index contributed by atoms with van der Waals surface area (Å²) in [5.74, 6) is -0.204. The van der Waals surface area contributed by atoms with E-state index in [4.69, 9.17) is 9.05 Å². The van der Waals surface area contributed by atoms with E-state index in [1.54, 1.807) is 6.08 Å². The summed E-state index contributed by atoms with van der Waals surface area (Å²) in [6.07, 6.45) is 78.1. The number of nitrogens with zero attached hydrogens (tertiary/aromatic N) is 1. The molecular weight excluding hydrogens is 960 g/mol. The van der Waals surface area contributed by atoms with Crippen LogP contribution < -0.4 is 10.2 Å². The number of likely N-dealkylation sites (N-methyl/N-ethyl adjacent to an activating group) is 1. The van der Waals surface area contributed by atoms with E-state index >= 15 is 0 Å². The minimum Gasteiger partial charge on any atom is -0.756 e. The molecule has 0 radical (unpaired) electrons. The van der Waals surface area contributed by atoms with Crippen molar-refractivity contribution in [3.05, 3.63) is 48.6 Å². The molecule has 0 aromatic carbocycles. The Morgan fingerprint density at radius 1 is 0.461 bits per heavy atom. The molecule has 2 N–H and O–H groups in total. The van der Waals surface area contributed by atoms with Gasteiger partial charge in [-0.2, -0.15) is 0 Å². The van der Waals surface area contributed by atoms with Gasteiger partial charge >= 0.3 is 0 Å². The van der Waals surface area contributed by atoms with Crippen molar-refractivity contribution in [1.82, 2.24) is 5.32 Å². The molecule has 0 rings (SSSR count). The maximum atomic E-state index is 13.0. The number of phosphoric acid groups is 1. The van der Waals surface area contributed by atoms with Crippen molar-refractivity contribution in [2.75, 3.05) is 40.9 Å². The number of amides is 1. The van der Waals surface area contributed by atoms with Crippen LogP contribution in [0.1, 0.15) is 322 Å². The second-order valence-corrected chi connectivity index (χ2v) is 25.2. The van der Waals surface area contributed by atoms with Crippen LogP contribution in [-0.2, 0) is 18.4 Å². The van der Waals surface area contributed by atoms with Crippen LogP contribution in [0.4, 0.5) is 0 Å². The van der Waals surface area contributed by atoms with Gasteiger partial charge in [-0.05, 0) is 64.2 Å². The molecule has 0 aromatic heterocycles. The van der Waals surface area contributed by atoms with Crippen LogP contribution >= 0.6 is 7.82 Å². The van der Waals surface area contributed by atoms with E-state index in [1.165, 1.54) is 257 Å². The van der Waals surface area contributed by atoms with Crippen molar-refractivity contribution in [3.8, 4) is 0 Å². The van der Waals surface area contributed by atoms with E-state index in [9.17, 15) is 19.4 Å². The smallest absolute Gasteiger partial charge is 0.268 e. The molecule has 0 heterocycles. The van der Waals surface area contributed by atoms with Crippen molar-refractivity contribution >= 4 is 13.7 Å². The first-order valence-electron chi connectivity index (χ1n) is 33.0. The molecular formula is C67H129N2O6P. The SMILES string of the molecule is CCCCCCCCCCC/C=C/CC/C=C/C(O)C(COP(=O)([O-])OCC[N+](C)(C)C)NC(=O)CCCCCCCCCCCCCCCCCCC/C=C\C/C=C\CCCCCCCCCCCCCCCCC. The Labute approximate surface area is 473 Å². The molecule has 8 nitrogen and oxygen atoms in total. The van der Waals surface area contributed by atoms with Gasteiger partial charge in [0.15, 0.2) is 0 Å². The Hall–Kier alpha value is -1.54. The maximum Gasteiger partial charge on any atom is 0.268 e. The van der Waals surface area contributed by atoms with Gasteiger partial charge in [-0.3, -0.25) is 9.36 Å². The van der Waals surface area contributed by atoms with Gasteiger partial charge in [-0.15, -0.1) is 0 Å². The van der Waals surface area contributed by atoms with E-state index < -0.39 is 26.6 Å². The highest BCUT2D eigenvalue weighted by atomic mass is 31.2. The number of unbranched alkanes of at least 4 members (excludes halogenated alkanes) is 42. The molecule has 0 aromatic rings. The van der Waals surface area contributed by atoms with E-state index in [1.807, 2.05) is 27.2 Å². The molecule has 3 atom stereocenters. The van der Waals surface area contributed by atoms with Crippen LogP contribution in [0, 0.1) is 0 Å². The van der Waals surface area contributed by atoms with Gasteiger partial charge in [0, 0.05) is 6.42 Å². The number of hydrogen-bond acceptors (Lipinski definition) is 6. The van der Waals surface area contributed by atoms with Crippen molar-refractivity contribution in [3.63, 3.8) is 0 Å². The first-order chi connectivity index (χ1) is 37.0. The monoisotopic (exact) mass is 1090 g/mol. The van der Waals surface area contributed by atoms with Gasteiger partial charge in [-0.1, -0.05) is 300 Å². The minimum absolute atomic E-state index is 0.00602. The van der Waals surface area contributed by atoms with Crippen molar-refractivity contribution < 1.29 is 32.9 Å². The second-order valence-electron chi connectivity index (χ2n) is 23.8. The zero-order chi connectivity index (χ0) is 55.6. The predicted octanol–water partition coefficient (Wildman–Crippen LogP) is 20.0.